The maximum Gasteiger partial charge on any atom is 0.0732 e. The van der Waals surface area contributed by atoms with Crippen LogP contribution in [0.25, 0.3) is 0 Å². The Morgan fingerprint density at radius 1 is 1.17 bits per heavy atom. The molecule has 0 bridgehead atoms. The van der Waals surface area contributed by atoms with E-state index in [-0.39, 0.29) is 0 Å². The van der Waals surface area contributed by atoms with Gasteiger partial charge in [0.1, 0.15) is 0 Å². The number of benzene rings is 1. The molecule has 2 unspecified atom stereocenters. The normalized spacial score (nSPS) is 24.2. The second-order valence-electron chi connectivity index (χ2n) is 5.45. The molecule has 2 atom stereocenters. The lowest BCUT2D eigenvalue weighted by atomic mass is 9.92. The van der Waals surface area contributed by atoms with E-state index in [1.54, 1.807) is 0 Å². The molecule has 1 aliphatic carbocycles. The second-order valence-corrected chi connectivity index (χ2v) is 5.45. The topological polar surface area (TPSA) is 21.3 Å². The zero-order valence-corrected chi connectivity index (χ0v) is 11.8. The zero-order chi connectivity index (χ0) is 13.0. The maximum atomic E-state index is 6.10. The van der Waals surface area contributed by atoms with Crippen molar-refractivity contribution in [3.8, 4) is 0 Å². The minimum Gasteiger partial charge on any atom is -0.372 e. The first-order valence-corrected chi connectivity index (χ1v) is 7.05. The maximum absolute atomic E-state index is 6.10. The van der Waals surface area contributed by atoms with Gasteiger partial charge in [0.2, 0.25) is 0 Å². The fourth-order valence-corrected chi connectivity index (χ4v) is 2.72. The summed E-state index contributed by atoms with van der Waals surface area (Å²) in [6.07, 6.45) is 5.44. The fourth-order valence-electron chi connectivity index (χ4n) is 2.72. The van der Waals surface area contributed by atoms with Gasteiger partial charge < -0.3 is 10.1 Å². The highest BCUT2D eigenvalue weighted by Crippen LogP contribution is 2.22. The number of ether oxygens (including phenoxy) is 1. The van der Waals surface area contributed by atoms with Gasteiger partial charge in [-0.1, -0.05) is 31.0 Å². The van der Waals surface area contributed by atoms with E-state index in [9.17, 15) is 0 Å². The van der Waals surface area contributed by atoms with E-state index in [2.05, 4.69) is 37.4 Å². The quantitative estimate of drug-likeness (QED) is 0.881. The lowest BCUT2D eigenvalue weighted by molar-refractivity contribution is -0.00362. The van der Waals surface area contributed by atoms with Crippen LogP contribution < -0.4 is 5.32 Å². The van der Waals surface area contributed by atoms with E-state index in [1.807, 2.05) is 7.05 Å². The van der Waals surface area contributed by atoms with E-state index in [0.29, 0.717) is 12.1 Å². The van der Waals surface area contributed by atoms with Crippen LogP contribution >= 0.6 is 0 Å². The summed E-state index contributed by atoms with van der Waals surface area (Å²) >= 11 is 0. The molecule has 1 N–H and O–H groups in total. The van der Waals surface area contributed by atoms with Gasteiger partial charge in [0.15, 0.2) is 0 Å². The van der Waals surface area contributed by atoms with Crippen LogP contribution in [-0.2, 0) is 11.3 Å². The van der Waals surface area contributed by atoms with Gasteiger partial charge in [-0.15, -0.1) is 0 Å². The second kappa shape index (κ2) is 6.35. The molecule has 2 nitrogen and oxygen atoms in total. The van der Waals surface area contributed by atoms with Crippen LogP contribution in [0.4, 0.5) is 0 Å². The minimum absolute atomic E-state index is 0.380. The largest absolute Gasteiger partial charge is 0.372 e. The molecule has 1 fully saturated rings. The summed E-state index contributed by atoms with van der Waals surface area (Å²) < 4.78 is 6.10. The first-order chi connectivity index (χ1) is 8.70. The number of nitrogens with one attached hydrogen (secondary N) is 1. The highest BCUT2D eigenvalue weighted by atomic mass is 16.5. The summed E-state index contributed by atoms with van der Waals surface area (Å²) in [6, 6.07) is 7.14. The SMILES string of the molecule is CNC1CCCCC1OCc1ccc(C)c(C)c1. The Morgan fingerprint density at radius 3 is 2.67 bits per heavy atom. The highest BCUT2D eigenvalue weighted by Gasteiger charge is 2.24. The molecular weight excluding hydrogens is 222 g/mol. The number of aryl methyl sites for hydroxylation is 2. The van der Waals surface area contributed by atoms with Crippen LogP contribution in [0.15, 0.2) is 18.2 Å². The molecule has 100 valence electrons. The van der Waals surface area contributed by atoms with Gasteiger partial charge in [0.25, 0.3) is 0 Å². The molecule has 0 radical (unpaired) electrons. The average molecular weight is 247 g/mol. The molecule has 0 aliphatic heterocycles. The Hall–Kier alpha value is -0.860. The Bertz CT molecular complexity index is 389. The van der Waals surface area contributed by atoms with Crippen molar-refractivity contribution in [2.45, 2.75) is 58.3 Å². The molecule has 2 heteroatoms. The van der Waals surface area contributed by atoms with Gasteiger partial charge >= 0.3 is 0 Å². The van der Waals surface area contributed by atoms with Crippen LogP contribution in [0.1, 0.15) is 42.4 Å². The lowest BCUT2D eigenvalue weighted by Crippen LogP contribution is -2.41. The molecule has 1 saturated carbocycles. The average Bonchev–Trinajstić information content (AvgIpc) is 2.40. The van der Waals surface area contributed by atoms with Crippen LogP contribution in [0, 0.1) is 13.8 Å². The van der Waals surface area contributed by atoms with Gasteiger partial charge in [-0.05, 0) is 50.4 Å². The van der Waals surface area contributed by atoms with Gasteiger partial charge in [-0.25, -0.2) is 0 Å². The summed E-state index contributed by atoms with van der Waals surface area (Å²) in [6.45, 7) is 5.05. The van der Waals surface area contributed by atoms with Crippen LogP contribution in [-0.4, -0.2) is 19.2 Å². The van der Waals surface area contributed by atoms with Crippen molar-refractivity contribution < 1.29 is 4.74 Å². The zero-order valence-electron chi connectivity index (χ0n) is 11.8. The smallest absolute Gasteiger partial charge is 0.0732 e. The minimum atomic E-state index is 0.380. The van der Waals surface area contributed by atoms with E-state index in [1.165, 1.54) is 42.4 Å². The van der Waals surface area contributed by atoms with Crippen molar-refractivity contribution in [3.63, 3.8) is 0 Å². The van der Waals surface area contributed by atoms with E-state index < -0.39 is 0 Å². The molecule has 0 amide bonds. The van der Waals surface area contributed by atoms with Gasteiger partial charge in [0.05, 0.1) is 12.7 Å². The molecule has 0 spiro atoms. The fraction of sp³-hybridized carbons (Fsp3) is 0.625. The summed E-state index contributed by atoms with van der Waals surface area (Å²) in [5.41, 5.74) is 3.99. The van der Waals surface area contributed by atoms with Crippen LogP contribution in [0.3, 0.4) is 0 Å². The molecule has 1 aliphatic rings. The number of likely N-dealkylation sites (N-methyl/N-ethyl adjacent to an activating group) is 1. The first-order valence-electron chi connectivity index (χ1n) is 7.05. The van der Waals surface area contributed by atoms with Crippen molar-refractivity contribution in [3.05, 3.63) is 34.9 Å². The lowest BCUT2D eigenvalue weighted by Gasteiger charge is -2.31. The standard InChI is InChI=1S/C16H25NO/c1-12-8-9-14(10-13(12)2)11-18-16-7-5-4-6-15(16)17-3/h8-10,15-17H,4-7,11H2,1-3H3. The monoisotopic (exact) mass is 247 g/mol. The van der Waals surface area contributed by atoms with Crippen molar-refractivity contribution in [1.82, 2.24) is 5.32 Å². The van der Waals surface area contributed by atoms with Crippen molar-refractivity contribution >= 4 is 0 Å². The Labute approximate surface area is 111 Å². The van der Waals surface area contributed by atoms with E-state index >= 15 is 0 Å². The highest BCUT2D eigenvalue weighted by molar-refractivity contribution is 5.29. The summed E-state index contributed by atoms with van der Waals surface area (Å²) in [7, 11) is 2.04. The predicted octanol–water partition coefficient (Wildman–Crippen LogP) is 3.35. The Kier molecular flexibility index (Phi) is 4.79. The summed E-state index contributed by atoms with van der Waals surface area (Å²) in [5, 5.41) is 3.39. The van der Waals surface area contributed by atoms with Gasteiger partial charge in [-0.3, -0.25) is 0 Å². The van der Waals surface area contributed by atoms with Gasteiger partial charge in [-0.2, -0.15) is 0 Å². The molecule has 0 heterocycles. The predicted molar refractivity (Wildman–Crippen MR) is 75.8 cm³/mol. The third-order valence-electron chi connectivity index (χ3n) is 4.11. The molecular formula is C16H25NO. The summed E-state index contributed by atoms with van der Waals surface area (Å²) in [4.78, 5) is 0. The first kappa shape index (κ1) is 13.6. The molecule has 1 aromatic carbocycles. The Balaban J connectivity index is 1.91. The molecule has 0 aromatic heterocycles. The van der Waals surface area contributed by atoms with Crippen molar-refractivity contribution in [2.75, 3.05) is 7.05 Å². The molecule has 18 heavy (non-hydrogen) atoms. The van der Waals surface area contributed by atoms with Crippen molar-refractivity contribution in [2.24, 2.45) is 0 Å². The molecule has 1 aromatic rings. The molecule has 2 rings (SSSR count). The number of rotatable bonds is 4. The number of hydrogen-bond acceptors (Lipinski definition) is 2. The van der Waals surface area contributed by atoms with E-state index in [0.717, 1.165) is 6.61 Å². The Morgan fingerprint density at radius 2 is 1.94 bits per heavy atom. The third-order valence-corrected chi connectivity index (χ3v) is 4.11. The van der Waals surface area contributed by atoms with Gasteiger partial charge in [0, 0.05) is 6.04 Å². The molecule has 0 saturated heterocycles. The van der Waals surface area contributed by atoms with E-state index in [4.69, 9.17) is 4.74 Å². The number of hydrogen-bond donors (Lipinski definition) is 1. The van der Waals surface area contributed by atoms with Crippen molar-refractivity contribution in [1.29, 1.82) is 0 Å². The van der Waals surface area contributed by atoms with Crippen LogP contribution in [0.2, 0.25) is 0 Å². The summed E-state index contributed by atoms with van der Waals surface area (Å²) in [5.74, 6) is 0. The third kappa shape index (κ3) is 3.33. The van der Waals surface area contributed by atoms with Crippen LogP contribution in [0.5, 0.6) is 0 Å².